The summed E-state index contributed by atoms with van der Waals surface area (Å²) in [5.41, 5.74) is 1.61. The lowest BCUT2D eigenvalue weighted by Gasteiger charge is -2.14. The van der Waals surface area contributed by atoms with E-state index in [9.17, 15) is 10.1 Å². The average molecular weight is 378 g/mol. The van der Waals surface area contributed by atoms with Gasteiger partial charge >= 0.3 is 0 Å². The van der Waals surface area contributed by atoms with Gasteiger partial charge in [0.1, 0.15) is 5.92 Å². The van der Waals surface area contributed by atoms with Crippen molar-refractivity contribution in [2.45, 2.75) is 37.1 Å². The van der Waals surface area contributed by atoms with Crippen molar-refractivity contribution >= 4 is 27.7 Å². The Labute approximate surface area is 142 Å². The maximum absolute atomic E-state index is 12.1. The highest BCUT2D eigenvalue weighted by Crippen LogP contribution is 2.30. The number of halogens is 1. The van der Waals surface area contributed by atoms with E-state index in [1.54, 1.807) is 6.92 Å². The van der Waals surface area contributed by atoms with E-state index in [0.717, 1.165) is 10.0 Å². The monoisotopic (exact) mass is 377 g/mol. The number of benzene rings is 1. The zero-order chi connectivity index (χ0) is 16.3. The maximum Gasteiger partial charge on any atom is 0.254 e. The molecule has 1 aromatic carbocycles. The second kappa shape index (κ2) is 7.12. The lowest BCUT2D eigenvalue weighted by molar-refractivity contribution is 0.822. The summed E-state index contributed by atoms with van der Waals surface area (Å²) in [5, 5.41) is 10.5. The molecule has 0 amide bonds. The number of nitriles is 1. The number of nitrogens with one attached hydrogen (secondary N) is 1. The number of H-pyrrole nitrogens is 1. The largest absolute Gasteiger partial charge is 0.301 e. The molecule has 0 radical (unpaired) electrons. The third-order valence-electron chi connectivity index (χ3n) is 3.13. The molecule has 0 saturated carbocycles. The Morgan fingerprint density at radius 2 is 2.05 bits per heavy atom. The molecule has 2 rings (SSSR count). The minimum atomic E-state index is -0.579. The summed E-state index contributed by atoms with van der Waals surface area (Å²) in [6, 6.07) is 9.78. The second-order valence-corrected chi connectivity index (χ2v) is 7.55. The van der Waals surface area contributed by atoms with Gasteiger partial charge in [0, 0.05) is 15.3 Å². The van der Waals surface area contributed by atoms with Crippen LogP contribution in [0.25, 0.3) is 0 Å². The summed E-state index contributed by atoms with van der Waals surface area (Å²) in [4.78, 5) is 19.4. The van der Waals surface area contributed by atoms with E-state index >= 15 is 0 Å². The van der Waals surface area contributed by atoms with Gasteiger partial charge in [-0.1, -0.05) is 59.7 Å². The first kappa shape index (κ1) is 16.8. The zero-order valence-electron chi connectivity index (χ0n) is 12.6. The third-order valence-corrected chi connectivity index (χ3v) is 4.74. The normalized spacial score (nSPS) is 12.2. The summed E-state index contributed by atoms with van der Waals surface area (Å²) in [5.74, 6) is -0.579. The molecule has 0 saturated heterocycles. The van der Waals surface area contributed by atoms with E-state index in [1.165, 1.54) is 11.8 Å². The molecule has 2 aromatic rings. The summed E-state index contributed by atoms with van der Waals surface area (Å²) in [7, 11) is 0. The van der Waals surface area contributed by atoms with Gasteiger partial charge < -0.3 is 4.98 Å². The van der Waals surface area contributed by atoms with Crippen LogP contribution in [0, 0.1) is 18.3 Å². The lowest BCUT2D eigenvalue weighted by Crippen LogP contribution is -2.18. The Morgan fingerprint density at radius 1 is 1.36 bits per heavy atom. The molecule has 1 aromatic heterocycles. The van der Waals surface area contributed by atoms with Crippen molar-refractivity contribution in [1.82, 2.24) is 9.97 Å². The van der Waals surface area contributed by atoms with Crippen LogP contribution < -0.4 is 5.56 Å². The standard InChI is InChI=1S/C16H16BrN3OS/c1-9(2)22-16-19-14(10(3)15(21)20-16)12(8-18)11-6-4-5-7-13(11)17/h4-7,9,12H,1-3H3,(H,19,20,21). The molecule has 114 valence electrons. The van der Waals surface area contributed by atoms with Crippen molar-refractivity contribution in [3.8, 4) is 6.07 Å². The van der Waals surface area contributed by atoms with E-state index in [-0.39, 0.29) is 5.56 Å². The van der Waals surface area contributed by atoms with Crippen molar-refractivity contribution < 1.29 is 0 Å². The molecule has 1 atom stereocenters. The Balaban J connectivity index is 2.59. The van der Waals surface area contributed by atoms with Crippen LogP contribution in [0.3, 0.4) is 0 Å². The SMILES string of the molecule is Cc1c(C(C#N)c2ccccc2Br)nc(SC(C)C)[nH]c1=O. The Bertz CT molecular complexity index is 780. The van der Waals surface area contributed by atoms with Crippen LogP contribution in [0.5, 0.6) is 0 Å². The lowest BCUT2D eigenvalue weighted by atomic mass is 9.94. The fourth-order valence-electron chi connectivity index (χ4n) is 2.08. The number of hydrogen-bond acceptors (Lipinski definition) is 4. The summed E-state index contributed by atoms with van der Waals surface area (Å²) in [6.07, 6.45) is 0. The molecule has 0 aliphatic carbocycles. The molecule has 1 heterocycles. The minimum absolute atomic E-state index is 0.194. The van der Waals surface area contributed by atoms with Crippen LogP contribution in [0.1, 0.15) is 36.6 Å². The van der Waals surface area contributed by atoms with E-state index < -0.39 is 5.92 Å². The highest BCUT2D eigenvalue weighted by molar-refractivity contribution is 9.10. The Morgan fingerprint density at radius 3 is 2.64 bits per heavy atom. The highest BCUT2D eigenvalue weighted by Gasteiger charge is 2.22. The molecule has 0 aliphatic heterocycles. The van der Waals surface area contributed by atoms with Crippen LogP contribution in [0.15, 0.2) is 38.7 Å². The number of aromatic amines is 1. The molecule has 0 fully saturated rings. The second-order valence-electron chi connectivity index (χ2n) is 5.13. The number of hydrogen-bond donors (Lipinski definition) is 1. The number of thioether (sulfide) groups is 1. The van der Waals surface area contributed by atoms with Crippen molar-refractivity contribution in [3.63, 3.8) is 0 Å². The molecule has 0 bridgehead atoms. The topological polar surface area (TPSA) is 69.5 Å². The van der Waals surface area contributed by atoms with Gasteiger partial charge in [0.25, 0.3) is 5.56 Å². The molecule has 0 aliphatic rings. The van der Waals surface area contributed by atoms with Crippen molar-refractivity contribution in [1.29, 1.82) is 5.26 Å². The summed E-state index contributed by atoms with van der Waals surface area (Å²) in [6.45, 7) is 5.76. The maximum atomic E-state index is 12.1. The number of aromatic nitrogens is 2. The first-order valence-corrected chi connectivity index (χ1v) is 8.52. The van der Waals surface area contributed by atoms with E-state index in [2.05, 4.69) is 32.0 Å². The quantitative estimate of drug-likeness (QED) is 0.645. The smallest absolute Gasteiger partial charge is 0.254 e. The first-order chi connectivity index (χ1) is 10.4. The first-order valence-electron chi connectivity index (χ1n) is 6.85. The molecular formula is C16H16BrN3OS. The fraction of sp³-hybridized carbons (Fsp3) is 0.312. The molecular weight excluding hydrogens is 362 g/mol. The summed E-state index contributed by atoms with van der Waals surface area (Å²) >= 11 is 4.94. The predicted octanol–water partition coefficient (Wildman–Crippen LogP) is 4.00. The molecule has 6 heteroatoms. The fourth-order valence-corrected chi connectivity index (χ4v) is 3.34. The third kappa shape index (κ3) is 3.60. The van der Waals surface area contributed by atoms with Gasteiger partial charge in [-0.3, -0.25) is 4.79 Å². The minimum Gasteiger partial charge on any atom is -0.301 e. The van der Waals surface area contributed by atoms with Gasteiger partial charge in [0.2, 0.25) is 0 Å². The van der Waals surface area contributed by atoms with Crippen LogP contribution in [0.4, 0.5) is 0 Å². The van der Waals surface area contributed by atoms with Crippen LogP contribution >= 0.6 is 27.7 Å². The predicted molar refractivity (Wildman–Crippen MR) is 92.2 cm³/mol. The van der Waals surface area contributed by atoms with Gasteiger partial charge in [-0.15, -0.1) is 0 Å². The molecule has 4 nitrogen and oxygen atoms in total. The Kier molecular flexibility index (Phi) is 5.43. The van der Waals surface area contributed by atoms with Crippen molar-refractivity contribution in [3.05, 3.63) is 55.9 Å². The van der Waals surface area contributed by atoms with Crippen LogP contribution in [0.2, 0.25) is 0 Å². The van der Waals surface area contributed by atoms with Gasteiger partial charge in [-0.25, -0.2) is 4.98 Å². The zero-order valence-corrected chi connectivity index (χ0v) is 15.0. The van der Waals surface area contributed by atoms with E-state index in [0.29, 0.717) is 21.7 Å². The van der Waals surface area contributed by atoms with E-state index in [1.807, 2.05) is 38.1 Å². The average Bonchev–Trinajstić information content (AvgIpc) is 2.46. The number of nitrogens with zero attached hydrogens (tertiary/aromatic N) is 2. The van der Waals surface area contributed by atoms with Crippen molar-refractivity contribution in [2.24, 2.45) is 0 Å². The van der Waals surface area contributed by atoms with Crippen LogP contribution in [-0.4, -0.2) is 15.2 Å². The molecule has 1 unspecified atom stereocenters. The number of rotatable bonds is 4. The molecule has 22 heavy (non-hydrogen) atoms. The van der Waals surface area contributed by atoms with Crippen molar-refractivity contribution in [2.75, 3.05) is 0 Å². The van der Waals surface area contributed by atoms with Gasteiger partial charge in [0.15, 0.2) is 5.16 Å². The van der Waals surface area contributed by atoms with Crippen LogP contribution in [-0.2, 0) is 0 Å². The molecule has 1 N–H and O–H groups in total. The highest BCUT2D eigenvalue weighted by atomic mass is 79.9. The summed E-state index contributed by atoms with van der Waals surface area (Å²) < 4.78 is 0.834. The van der Waals surface area contributed by atoms with Gasteiger partial charge in [-0.05, 0) is 18.6 Å². The Hall–Kier alpha value is -1.58. The van der Waals surface area contributed by atoms with Gasteiger partial charge in [-0.2, -0.15) is 5.26 Å². The molecule has 0 spiro atoms. The van der Waals surface area contributed by atoms with E-state index in [4.69, 9.17) is 0 Å². The van der Waals surface area contributed by atoms with Gasteiger partial charge in [0.05, 0.1) is 11.8 Å².